The van der Waals surface area contributed by atoms with Crippen LogP contribution < -0.4 is 10.2 Å². The molecule has 0 bridgehead atoms. The molecule has 152 valence electrons. The van der Waals surface area contributed by atoms with Crippen molar-refractivity contribution in [2.45, 2.75) is 30.7 Å². The molecule has 2 saturated heterocycles. The predicted octanol–water partition coefficient (Wildman–Crippen LogP) is 1.39. The fourth-order valence-electron chi connectivity index (χ4n) is 3.58. The molecule has 1 N–H and O–H groups in total. The van der Waals surface area contributed by atoms with Crippen LogP contribution in [0.15, 0.2) is 23.1 Å². The van der Waals surface area contributed by atoms with Crippen LogP contribution in [-0.4, -0.2) is 76.4 Å². The lowest BCUT2D eigenvalue weighted by atomic mass is 10.1. The number of piperazine rings is 1. The number of hydrogen-bond donors (Lipinski definition) is 1. The molecule has 2 aliphatic rings. The molecule has 3 rings (SSSR count). The van der Waals surface area contributed by atoms with Crippen LogP contribution >= 0.6 is 12.4 Å². The van der Waals surface area contributed by atoms with Gasteiger partial charge in [0.1, 0.15) is 0 Å². The highest BCUT2D eigenvalue weighted by molar-refractivity contribution is 7.89. The van der Waals surface area contributed by atoms with Gasteiger partial charge in [-0.15, -0.1) is 12.4 Å². The zero-order chi connectivity index (χ0) is 18.9. The molecule has 27 heavy (non-hydrogen) atoms. The third-order valence-corrected chi connectivity index (χ3v) is 6.89. The molecule has 0 aromatic heterocycles. The van der Waals surface area contributed by atoms with Crippen LogP contribution in [-0.2, 0) is 10.0 Å². The van der Waals surface area contributed by atoms with Crippen molar-refractivity contribution < 1.29 is 13.2 Å². The number of carbonyl (C=O) groups excluding carboxylic acids is 1. The lowest BCUT2D eigenvalue weighted by Crippen LogP contribution is -2.51. The second-order valence-electron chi connectivity index (χ2n) is 7.27. The number of carbonyl (C=O) groups is 1. The number of sulfonamides is 1. The monoisotopic (exact) mass is 416 g/mol. The minimum absolute atomic E-state index is 0. The summed E-state index contributed by atoms with van der Waals surface area (Å²) in [6.45, 7) is 5.86. The lowest BCUT2D eigenvalue weighted by molar-refractivity contribution is 0.0709. The highest BCUT2D eigenvalue weighted by Gasteiger charge is 2.28. The van der Waals surface area contributed by atoms with Crippen LogP contribution in [0.5, 0.6) is 0 Å². The van der Waals surface area contributed by atoms with Crippen LogP contribution in [0.3, 0.4) is 0 Å². The van der Waals surface area contributed by atoms with Crippen LogP contribution in [0.4, 0.5) is 5.69 Å². The molecule has 0 saturated carbocycles. The SMILES string of the molecule is CC1CN(C(=O)c2cc(S(=O)(=O)N(C)C)ccc2N2CCCC2)CCN1.Cl. The van der Waals surface area contributed by atoms with Gasteiger partial charge < -0.3 is 15.1 Å². The number of amides is 1. The van der Waals surface area contributed by atoms with Gasteiger partial charge in [0.2, 0.25) is 10.0 Å². The molecule has 2 aliphatic heterocycles. The van der Waals surface area contributed by atoms with Crippen molar-refractivity contribution in [3.8, 4) is 0 Å². The molecule has 1 amide bonds. The molecule has 2 fully saturated rings. The van der Waals surface area contributed by atoms with Crippen molar-refractivity contribution >= 4 is 34.0 Å². The normalized spacial score (nSPS) is 20.7. The Hall–Kier alpha value is -1.35. The van der Waals surface area contributed by atoms with Gasteiger partial charge in [0.05, 0.1) is 10.5 Å². The Kier molecular flexibility index (Phi) is 7.13. The molecule has 2 heterocycles. The third-order valence-electron chi connectivity index (χ3n) is 5.08. The van der Waals surface area contributed by atoms with E-state index in [1.807, 2.05) is 11.8 Å². The first kappa shape index (κ1) is 21.9. The molecule has 0 radical (unpaired) electrons. The van der Waals surface area contributed by atoms with E-state index < -0.39 is 10.0 Å². The summed E-state index contributed by atoms with van der Waals surface area (Å²) in [6.07, 6.45) is 2.19. The van der Waals surface area contributed by atoms with Crippen molar-refractivity contribution in [3.63, 3.8) is 0 Å². The van der Waals surface area contributed by atoms with Gasteiger partial charge in [-0.1, -0.05) is 0 Å². The molecule has 1 aromatic rings. The Morgan fingerprint density at radius 3 is 2.44 bits per heavy atom. The number of rotatable bonds is 4. The molecule has 1 aromatic carbocycles. The summed E-state index contributed by atoms with van der Waals surface area (Å²) in [7, 11) is -0.577. The van der Waals surface area contributed by atoms with Gasteiger partial charge in [0, 0.05) is 58.5 Å². The van der Waals surface area contributed by atoms with E-state index in [0.717, 1.165) is 38.2 Å². The maximum atomic E-state index is 13.2. The smallest absolute Gasteiger partial charge is 0.256 e. The van der Waals surface area contributed by atoms with Gasteiger partial charge >= 0.3 is 0 Å². The van der Waals surface area contributed by atoms with E-state index in [1.165, 1.54) is 18.4 Å². The number of benzene rings is 1. The van der Waals surface area contributed by atoms with E-state index in [-0.39, 0.29) is 29.3 Å². The van der Waals surface area contributed by atoms with Crippen molar-refractivity contribution in [1.82, 2.24) is 14.5 Å². The van der Waals surface area contributed by atoms with E-state index in [9.17, 15) is 13.2 Å². The maximum Gasteiger partial charge on any atom is 0.256 e. The van der Waals surface area contributed by atoms with Gasteiger partial charge in [-0.05, 0) is 38.0 Å². The minimum Gasteiger partial charge on any atom is -0.371 e. The summed E-state index contributed by atoms with van der Waals surface area (Å²) in [6, 6.07) is 5.19. The number of nitrogens with zero attached hydrogens (tertiary/aromatic N) is 3. The first-order chi connectivity index (χ1) is 12.3. The highest BCUT2D eigenvalue weighted by atomic mass is 35.5. The molecular formula is C18H29ClN4O3S. The Morgan fingerprint density at radius 1 is 1.19 bits per heavy atom. The van der Waals surface area contributed by atoms with Gasteiger partial charge in [0.15, 0.2) is 0 Å². The fourth-order valence-corrected chi connectivity index (χ4v) is 4.51. The molecule has 1 unspecified atom stereocenters. The summed E-state index contributed by atoms with van der Waals surface area (Å²) < 4.78 is 26.3. The average Bonchev–Trinajstić information content (AvgIpc) is 3.15. The standard InChI is InChI=1S/C18H28N4O3S.ClH/c1-14-13-22(11-8-19-14)18(23)16-12-15(26(24,25)20(2)3)6-7-17(16)21-9-4-5-10-21;/h6-7,12,14,19H,4-5,8-11,13H2,1-3H3;1H. The first-order valence-corrected chi connectivity index (χ1v) is 10.6. The Morgan fingerprint density at radius 2 is 1.85 bits per heavy atom. The van der Waals surface area contributed by atoms with E-state index in [4.69, 9.17) is 0 Å². The summed E-state index contributed by atoms with van der Waals surface area (Å²) in [4.78, 5) is 17.4. The van der Waals surface area contributed by atoms with Crippen molar-refractivity contribution in [2.75, 3.05) is 51.7 Å². The summed E-state index contributed by atoms with van der Waals surface area (Å²) in [5.41, 5.74) is 1.33. The van der Waals surface area contributed by atoms with Crippen molar-refractivity contribution in [3.05, 3.63) is 23.8 Å². The van der Waals surface area contributed by atoms with Crippen LogP contribution in [0.2, 0.25) is 0 Å². The minimum atomic E-state index is -3.58. The van der Waals surface area contributed by atoms with Crippen molar-refractivity contribution in [1.29, 1.82) is 0 Å². The Bertz CT molecular complexity index is 779. The quantitative estimate of drug-likeness (QED) is 0.803. The number of hydrogen-bond acceptors (Lipinski definition) is 5. The number of nitrogens with one attached hydrogen (secondary N) is 1. The average molecular weight is 417 g/mol. The third kappa shape index (κ3) is 4.56. The lowest BCUT2D eigenvalue weighted by Gasteiger charge is -2.33. The molecule has 0 aliphatic carbocycles. The second kappa shape index (κ2) is 8.77. The van der Waals surface area contributed by atoms with E-state index in [2.05, 4.69) is 10.2 Å². The zero-order valence-corrected chi connectivity index (χ0v) is 17.8. The molecule has 0 spiro atoms. The van der Waals surface area contributed by atoms with E-state index in [0.29, 0.717) is 18.7 Å². The van der Waals surface area contributed by atoms with E-state index >= 15 is 0 Å². The largest absolute Gasteiger partial charge is 0.371 e. The van der Waals surface area contributed by atoms with Gasteiger partial charge in [0.25, 0.3) is 5.91 Å². The molecule has 9 heteroatoms. The van der Waals surface area contributed by atoms with Crippen LogP contribution in [0.1, 0.15) is 30.1 Å². The number of anilines is 1. The fraction of sp³-hybridized carbons (Fsp3) is 0.611. The van der Waals surface area contributed by atoms with Crippen LogP contribution in [0, 0.1) is 0 Å². The predicted molar refractivity (Wildman–Crippen MR) is 109 cm³/mol. The second-order valence-corrected chi connectivity index (χ2v) is 9.42. The Balaban J connectivity index is 0.00000261. The zero-order valence-electron chi connectivity index (χ0n) is 16.1. The highest BCUT2D eigenvalue weighted by Crippen LogP contribution is 2.29. The molecule has 7 nitrogen and oxygen atoms in total. The van der Waals surface area contributed by atoms with E-state index in [1.54, 1.807) is 18.2 Å². The maximum absolute atomic E-state index is 13.2. The summed E-state index contributed by atoms with van der Waals surface area (Å²) in [5.74, 6) is -0.0870. The van der Waals surface area contributed by atoms with Crippen molar-refractivity contribution in [2.24, 2.45) is 0 Å². The van der Waals surface area contributed by atoms with Gasteiger partial charge in [-0.25, -0.2) is 12.7 Å². The topological polar surface area (TPSA) is 73.0 Å². The van der Waals surface area contributed by atoms with Gasteiger partial charge in [-0.3, -0.25) is 4.79 Å². The summed E-state index contributed by atoms with van der Waals surface area (Å²) in [5, 5.41) is 3.33. The molecular weight excluding hydrogens is 388 g/mol. The molecule has 1 atom stereocenters. The van der Waals surface area contributed by atoms with Crippen LogP contribution in [0.25, 0.3) is 0 Å². The number of halogens is 1. The van der Waals surface area contributed by atoms with Gasteiger partial charge in [-0.2, -0.15) is 0 Å². The summed E-state index contributed by atoms with van der Waals surface area (Å²) >= 11 is 0. The Labute approximate surface area is 168 Å². The first-order valence-electron chi connectivity index (χ1n) is 9.15.